The number of alkyl halides is 3. The minimum absolute atomic E-state index is 0.179. The van der Waals surface area contributed by atoms with E-state index in [9.17, 15) is 23.3 Å². The average molecular weight is 312 g/mol. The molecule has 0 saturated heterocycles. The lowest BCUT2D eigenvalue weighted by Gasteiger charge is -2.28. The van der Waals surface area contributed by atoms with E-state index in [1.807, 2.05) is 0 Å². The number of hydrogen-bond acceptors (Lipinski definition) is 4. The molecule has 22 heavy (non-hydrogen) atoms. The third kappa shape index (κ3) is 2.49. The number of benzene rings is 1. The minimum Gasteiger partial charge on any atom is -0.360 e. The topological polar surface area (TPSA) is 75.1 Å². The van der Waals surface area contributed by atoms with E-state index in [4.69, 9.17) is 0 Å². The van der Waals surface area contributed by atoms with Gasteiger partial charge in [0.25, 0.3) is 5.69 Å². The van der Waals surface area contributed by atoms with E-state index >= 15 is 0 Å². The van der Waals surface area contributed by atoms with Gasteiger partial charge < -0.3 is 9.88 Å². The standard InChI is InChI=1S/C13H11F3N4O2/c14-13(15,16)8-1-2-11(12(5-8)20(21)22)19-4-3-9-10(6-19)18-7-17-9/h1-2,5,7H,3-4,6H2,(H,17,18). The van der Waals surface area contributed by atoms with Gasteiger partial charge in [-0.2, -0.15) is 13.2 Å². The Bertz CT molecular complexity index is 726. The molecule has 0 bridgehead atoms. The summed E-state index contributed by atoms with van der Waals surface area (Å²) >= 11 is 0. The van der Waals surface area contributed by atoms with E-state index in [2.05, 4.69) is 9.97 Å². The SMILES string of the molecule is O=[N+]([O-])c1cc(C(F)(F)F)ccc1N1CCc2nc[nH]c2C1. The fourth-order valence-corrected chi connectivity index (χ4v) is 2.53. The van der Waals surface area contributed by atoms with Gasteiger partial charge in [0, 0.05) is 19.0 Å². The maximum absolute atomic E-state index is 12.7. The van der Waals surface area contributed by atoms with E-state index in [0.717, 1.165) is 23.5 Å². The summed E-state index contributed by atoms with van der Waals surface area (Å²) < 4.78 is 38.1. The maximum atomic E-state index is 12.7. The molecule has 0 aliphatic carbocycles. The van der Waals surface area contributed by atoms with Crippen molar-refractivity contribution in [3.63, 3.8) is 0 Å². The second kappa shape index (κ2) is 5.00. The molecular weight excluding hydrogens is 301 g/mol. The molecule has 1 aromatic heterocycles. The lowest BCUT2D eigenvalue weighted by Crippen LogP contribution is -2.31. The van der Waals surface area contributed by atoms with Gasteiger partial charge in [0.05, 0.1) is 34.7 Å². The Kier molecular flexibility index (Phi) is 3.27. The number of H-pyrrole nitrogens is 1. The molecule has 0 unspecified atom stereocenters. The van der Waals surface area contributed by atoms with E-state index in [1.54, 1.807) is 4.90 Å². The molecule has 0 radical (unpaired) electrons. The zero-order valence-electron chi connectivity index (χ0n) is 11.2. The van der Waals surface area contributed by atoms with Crippen LogP contribution in [-0.4, -0.2) is 21.4 Å². The van der Waals surface area contributed by atoms with Crippen molar-refractivity contribution in [1.29, 1.82) is 0 Å². The van der Waals surface area contributed by atoms with E-state index < -0.39 is 22.4 Å². The highest BCUT2D eigenvalue weighted by atomic mass is 19.4. The number of nitro benzene ring substituents is 1. The molecule has 0 spiro atoms. The predicted octanol–water partition coefficient (Wildman–Crippen LogP) is 2.90. The van der Waals surface area contributed by atoms with Crippen LogP contribution in [-0.2, 0) is 19.1 Å². The Balaban J connectivity index is 1.99. The van der Waals surface area contributed by atoms with Gasteiger partial charge in [-0.25, -0.2) is 4.98 Å². The van der Waals surface area contributed by atoms with E-state index in [0.29, 0.717) is 25.6 Å². The van der Waals surface area contributed by atoms with Crippen LogP contribution in [0.15, 0.2) is 24.5 Å². The van der Waals surface area contributed by atoms with Crippen molar-refractivity contribution >= 4 is 11.4 Å². The number of aromatic nitrogens is 2. The second-order valence-electron chi connectivity index (χ2n) is 4.96. The highest BCUT2D eigenvalue weighted by Gasteiger charge is 2.34. The van der Waals surface area contributed by atoms with Crippen LogP contribution < -0.4 is 4.90 Å². The van der Waals surface area contributed by atoms with Crippen molar-refractivity contribution in [2.75, 3.05) is 11.4 Å². The van der Waals surface area contributed by atoms with Crippen LogP contribution in [0.4, 0.5) is 24.5 Å². The van der Waals surface area contributed by atoms with E-state index in [-0.39, 0.29) is 5.69 Å². The zero-order chi connectivity index (χ0) is 15.9. The molecule has 2 aromatic rings. The zero-order valence-corrected chi connectivity index (χ0v) is 11.2. The molecule has 1 aromatic carbocycles. The fourth-order valence-electron chi connectivity index (χ4n) is 2.53. The van der Waals surface area contributed by atoms with Crippen molar-refractivity contribution in [2.45, 2.75) is 19.1 Å². The predicted molar refractivity (Wildman–Crippen MR) is 71.4 cm³/mol. The number of halogens is 3. The number of fused-ring (bicyclic) bond motifs is 1. The van der Waals surface area contributed by atoms with Gasteiger partial charge >= 0.3 is 6.18 Å². The van der Waals surface area contributed by atoms with Gasteiger partial charge in [-0.3, -0.25) is 10.1 Å². The Morgan fingerprint density at radius 2 is 2.14 bits per heavy atom. The van der Waals surface area contributed by atoms with Crippen LogP contribution in [0.1, 0.15) is 17.0 Å². The Labute approximate surface area is 122 Å². The molecule has 0 amide bonds. The molecule has 3 rings (SSSR count). The first-order chi connectivity index (χ1) is 10.4. The van der Waals surface area contributed by atoms with Gasteiger partial charge in [-0.15, -0.1) is 0 Å². The van der Waals surface area contributed by atoms with Gasteiger partial charge in [0.1, 0.15) is 5.69 Å². The van der Waals surface area contributed by atoms with Crippen LogP contribution in [0, 0.1) is 10.1 Å². The van der Waals surface area contributed by atoms with Crippen LogP contribution in [0.3, 0.4) is 0 Å². The molecule has 0 saturated carbocycles. The highest BCUT2D eigenvalue weighted by Crippen LogP contribution is 2.37. The maximum Gasteiger partial charge on any atom is 0.416 e. The number of aromatic amines is 1. The first-order valence-electron chi connectivity index (χ1n) is 6.48. The first kappa shape index (κ1) is 14.4. The Hall–Kier alpha value is -2.58. The third-order valence-electron chi connectivity index (χ3n) is 3.62. The first-order valence-corrected chi connectivity index (χ1v) is 6.48. The summed E-state index contributed by atoms with van der Waals surface area (Å²) in [5.41, 5.74) is 0.310. The molecule has 1 aliphatic heterocycles. The van der Waals surface area contributed by atoms with Gasteiger partial charge in [-0.05, 0) is 12.1 Å². The molecule has 9 heteroatoms. The lowest BCUT2D eigenvalue weighted by molar-refractivity contribution is -0.384. The molecule has 1 aliphatic rings. The normalized spacial score (nSPS) is 14.8. The second-order valence-corrected chi connectivity index (χ2v) is 4.96. The molecular formula is C13H11F3N4O2. The van der Waals surface area contributed by atoms with E-state index in [1.165, 1.54) is 6.33 Å². The number of rotatable bonds is 2. The van der Waals surface area contributed by atoms with Gasteiger partial charge in [0.15, 0.2) is 0 Å². The summed E-state index contributed by atoms with van der Waals surface area (Å²) in [4.78, 5) is 19.1. The lowest BCUT2D eigenvalue weighted by atomic mass is 10.1. The van der Waals surface area contributed by atoms with Gasteiger partial charge in [0.2, 0.25) is 0 Å². The van der Waals surface area contributed by atoms with Crippen molar-refractivity contribution in [3.05, 3.63) is 51.6 Å². The summed E-state index contributed by atoms with van der Waals surface area (Å²) in [7, 11) is 0. The molecule has 0 atom stereocenters. The summed E-state index contributed by atoms with van der Waals surface area (Å²) in [6, 6.07) is 2.60. The monoisotopic (exact) mass is 312 g/mol. The van der Waals surface area contributed by atoms with Crippen LogP contribution in [0.5, 0.6) is 0 Å². The molecule has 2 heterocycles. The third-order valence-corrected chi connectivity index (χ3v) is 3.62. The molecule has 0 fully saturated rings. The number of anilines is 1. The van der Waals surface area contributed by atoms with Crippen molar-refractivity contribution in [2.24, 2.45) is 0 Å². The summed E-state index contributed by atoms with van der Waals surface area (Å²) in [5, 5.41) is 11.1. The summed E-state index contributed by atoms with van der Waals surface area (Å²) in [6.45, 7) is 0.811. The van der Waals surface area contributed by atoms with Crippen molar-refractivity contribution in [3.8, 4) is 0 Å². The highest BCUT2D eigenvalue weighted by molar-refractivity contribution is 5.65. The smallest absolute Gasteiger partial charge is 0.360 e. The number of nitrogens with zero attached hydrogens (tertiary/aromatic N) is 3. The average Bonchev–Trinajstić information content (AvgIpc) is 2.92. The molecule has 6 nitrogen and oxygen atoms in total. The van der Waals surface area contributed by atoms with Crippen LogP contribution >= 0.6 is 0 Å². The minimum atomic E-state index is -4.61. The quantitative estimate of drug-likeness (QED) is 0.683. The Morgan fingerprint density at radius 1 is 1.36 bits per heavy atom. The largest absolute Gasteiger partial charge is 0.416 e. The van der Waals surface area contributed by atoms with Crippen molar-refractivity contribution in [1.82, 2.24) is 9.97 Å². The summed E-state index contributed by atoms with van der Waals surface area (Å²) in [6.07, 6.45) is -2.49. The van der Waals surface area contributed by atoms with Crippen molar-refractivity contribution < 1.29 is 18.1 Å². The fraction of sp³-hybridized carbons (Fsp3) is 0.308. The number of imidazole rings is 1. The molecule has 116 valence electrons. The summed E-state index contributed by atoms with van der Waals surface area (Å²) in [5.74, 6) is 0. The van der Waals surface area contributed by atoms with Crippen LogP contribution in [0.2, 0.25) is 0 Å². The number of nitrogens with one attached hydrogen (secondary N) is 1. The number of hydrogen-bond donors (Lipinski definition) is 1. The molecule has 1 N–H and O–H groups in total. The van der Waals surface area contributed by atoms with Gasteiger partial charge in [-0.1, -0.05) is 0 Å². The number of nitro groups is 1. The Morgan fingerprint density at radius 3 is 2.82 bits per heavy atom. The van der Waals surface area contributed by atoms with Crippen LogP contribution in [0.25, 0.3) is 0 Å².